The van der Waals surface area contributed by atoms with Crippen molar-refractivity contribution < 1.29 is 4.79 Å². The van der Waals surface area contributed by atoms with Crippen LogP contribution in [0.2, 0.25) is 0 Å². The van der Waals surface area contributed by atoms with Crippen molar-refractivity contribution in [1.29, 1.82) is 0 Å². The van der Waals surface area contributed by atoms with Crippen molar-refractivity contribution in [2.75, 3.05) is 5.32 Å². The van der Waals surface area contributed by atoms with Crippen LogP contribution in [0, 0.1) is 17.8 Å². The van der Waals surface area contributed by atoms with Gasteiger partial charge in [-0.3, -0.25) is 10.1 Å². The van der Waals surface area contributed by atoms with Crippen LogP contribution in [0.3, 0.4) is 0 Å². The Morgan fingerprint density at radius 1 is 1.09 bits per heavy atom. The van der Waals surface area contributed by atoms with Crippen LogP contribution < -0.4 is 5.32 Å². The molecular formula is C24H23N5OS2. The molecule has 0 atom stereocenters. The molecule has 8 heteroatoms. The summed E-state index contributed by atoms with van der Waals surface area (Å²) < 4.78 is 1.74. The number of rotatable bonds is 4. The second-order valence-corrected chi connectivity index (χ2v) is 11.6. The summed E-state index contributed by atoms with van der Waals surface area (Å²) >= 11 is 3.18. The van der Waals surface area contributed by atoms with E-state index >= 15 is 0 Å². The van der Waals surface area contributed by atoms with Crippen LogP contribution in [0.25, 0.3) is 16.2 Å². The van der Waals surface area contributed by atoms with Crippen LogP contribution in [0.4, 0.5) is 5.13 Å². The van der Waals surface area contributed by atoms with E-state index in [9.17, 15) is 4.79 Å². The predicted molar refractivity (Wildman–Crippen MR) is 126 cm³/mol. The highest BCUT2D eigenvalue weighted by Gasteiger charge is 2.52. The monoisotopic (exact) mass is 461 g/mol. The van der Waals surface area contributed by atoms with Gasteiger partial charge < -0.3 is 0 Å². The molecule has 162 valence electrons. The molecule has 8 rings (SSSR count). The van der Waals surface area contributed by atoms with Crippen LogP contribution in [-0.2, 0) is 5.41 Å². The number of aromatic nitrogens is 4. The molecule has 4 bridgehead atoms. The van der Waals surface area contributed by atoms with Crippen molar-refractivity contribution in [3.63, 3.8) is 0 Å². The lowest BCUT2D eigenvalue weighted by Gasteiger charge is -2.56. The maximum atomic E-state index is 13.0. The Kier molecular flexibility index (Phi) is 4.12. The molecule has 4 heterocycles. The first-order valence-electron chi connectivity index (χ1n) is 11.3. The SMILES string of the molecule is O=C(Nc1nc(C23CC4CC(CC(C4)C2)C3)cs1)c1cc2nccc(-c3cccs3)n2n1. The van der Waals surface area contributed by atoms with Crippen LogP contribution in [-0.4, -0.2) is 25.5 Å². The minimum Gasteiger partial charge on any atom is -0.296 e. The molecule has 1 N–H and O–H groups in total. The molecule has 4 aromatic rings. The number of nitrogens with one attached hydrogen (secondary N) is 1. The van der Waals surface area contributed by atoms with E-state index in [1.54, 1.807) is 28.1 Å². The predicted octanol–water partition coefficient (Wildman–Crippen LogP) is 5.63. The summed E-state index contributed by atoms with van der Waals surface area (Å²) in [5.74, 6) is 2.40. The third-order valence-electron chi connectivity index (χ3n) is 7.67. The topological polar surface area (TPSA) is 72.2 Å². The minimum atomic E-state index is -0.237. The third kappa shape index (κ3) is 2.96. The second-order valence-electron chi connectivity index (χ2n) is 9.80. The molecule has 1 amide bonds. The summed E-state index contributed by atoms with van der Waals surface area (Å²) in [6.07, 6.45) is 9.85. The Bertz CT molecular complexity index is 1290. The number of hydrogen-bond acceptors (Lipinski definition) is 6. The van der Waals surface area contributed by atoms with Gasteiger partial charge in [-0.05, 0) is 73.8 Å². The number of amides is 1. The lowest BCUT2D eigenvalue weighted by atomic mass is 9.49. The highest BCUT2D eigenvalue weighted by molar-refractivity contribution is 7.14. The van der Waals surface area contributed by atoms with Gasteiger partial charge >= 0.3 is 0 Å². The number of nitrogens with zero attached hydrogens (tertiary/aromatic N) is 4. The minimum absolute atomic E-state index is 0.237. The normalized spacial score (nSPS) is 28.4. The summed E-state index contributed by atoms with van der Waals surface area (Å²) in [5.41, 5.74) is 3.40. The molecule has 0 saturated heterocycles. The third-order valence-corrected chi connectivity index (χ3v) is 9.32. The lowest BCUT2D eigenvalue weighted by molar-refractivity contribution is -0.00688. The Labute approximate surface area is 193 Å². The molecule has 4 fully saturated rings. The number of carbonyl (C=O) groups excluding carboxylic acids is 1. The van der Waals surface area contributed by atoms with Crippen molar-refractivity contribution in [3.8, 4) is 10.6 Å². The van der Waals surface area contributed by atoms with E-state index in [0.717, 1.165) is 28.3 Å². The van der Waals surface area contributed by atoms with Gasteiger partial charge in [0.1, 0.15) is 0 Å². The van der Waals surface area contributed by atoms with Crippen molar-refractivity contribution in [3.05, 3.63) is 52.6 Å². The quantitative estimate of drug-likeness (QED) is 0.427. The summed E-state index contributed by atoms with van der Waals surface area (Å²) in [4.78, 5) is 23.4. The van der Waals surface area contributed by atoms with Gasteiger partial charge in [0.25, 0.3) is 5.91 Å². The van der Waals surface area contributed by atoms with E-state index in [4.69, 9.17) is 4.98 Å². The van der Waals surface area contributed by atoms with Crippen molar-refractivity contribution in [1.82, 2.24) is 19.6 Å². The smallest absolute Gasteiger partial charge is 0.278 e. The van der Waals surface area contributed by atoms with Gasteiger partial charge in [-0.25, -0.2) is 14.5 Å². The highest BCUT2D eigenvalue weighted by Crippen LogP contribution is 2.60. The number of fused-ring (bicyclic) bond motifs is 1. The first-order valence-corrected chi connectivity index (χ1v) is 13.1. The van der Waals surface area contributed by atoms with Gasteiger partial charge in [0.05, 0.1) is 16.3 Å². The number of thiazole rings is 1. The van der Waals surface area contributed by atoms with E-state index in [1.807, 2.05) is 23.6 Å². The summed E-state index contributed by atoms with van der Waals surface area (Å²) in [5, 5.41) is 12.4. The summed E-state index contributed by atoms with van der Waals surface area (Å²) in [6, 6.07) is 7.71. The molecule has 0 unspecified atom stereocenters. The first-order chi connectivity index (χ1) is 15.6. The molecule has 0 aliphatic heterocycles. The molecule has 0 radical (unpaired) electrons. The average molecular weight is 462 g/mol. The van der Waals surface area contributed by atoms with E-state index in [-0.39, 0.29) is 11.3 Å². The van der Waals surface area contributed by atoms with Crippen LogP contribution in [0.5, 0.6) is 0 Å². The number of anilines is 1. The van der Waals surface area contributed by atoms with Gasteiger partial charge in [-0.2, -0.15) is 5.10 Å². The molecule has 0 spiro atoms. The zero-order valence-electron chi connectivity index (χ0n) is 17.5. The second kappa shape index (κ2) is 6.96. The van der Waals surface area contributed by atoms with Crippen LogP contribution in [0.15, 0.2) is 41.2 Å². The zero-order valence-corrected chi connectivity index (χ0v) is 19.2. The Hall–Kier alpha value is -2.58. The summed E-state index contributed by atoms with van der Waals surface area (Å²) in [6.45, 7) is 0. The molecule has 4 aliphatic rings. The zero-order chi connectivity index (χ0) is 21.3. The molecule has 6 nitrogen and oxygen atoms in total. The Morgan fingerprint density at radius 2 is 1.88 bits per heavy atom. The van der Waals surface area contributed by atoms with E-state index in [0.29, 0.717) is 16.5 Å². The molecule has 4 aliphatic carbocycles. The van der Waals surface area contributed by atoms with Crippen molar-refractivity contribution >= 4 is 39.4 Å². The largest absolute Gasteiger partial charge is 0.296 e. The lowest BCUT2D eigenvalue weighted by Crippen LogP contribution is -2.48. The highest BCUT2D eigenvalue weighted by atomic mass is 32.1. The Morgan fingerprint density at radius 3 is 2.59 bits per heavy atom. The van der Waals surface area contributed by atoms with E-state index in [2.05, 4.69) is 20.8 Å². The van der Waals surface area contributed by atoms with Gasteiger partial charge in [-0.1, -0.05) is 6.07 Å². The molecule has 32 heavy (non-hydrogen) atoms. The first kappa shape index (κ1) is 18.9. The maximum Gasteiger partial charge on any atom is 0.278 e. The van der Waals surface area contributed by atoms with Gasteiger partial charge in [0.15, 0.2) is 16.5 Å². The van der Waals surface area contributed by atoms with Gasteiger partial charge in [-0.15, -0.1) is 22.7 Å². The fourth-order valence-corrected chi connectivity index (χ4v) is 8.34. The fraction of sp³-hybridized carbons (Fsp3) is 0.417. The van der Waals surface area contributed by atoms with Gasteiger partial charge in [0, 0.05) is 23.1 Å². The number of hydrogen-bond donors (Lipinski definition) is 1. The Balaban J connectivity index is 1.15. The number of thiophene rings is 1. The molecule has 4 aromatic heterocycles. The average Bonchev–Trinajstić information content (AvgIpc) is 3.53. The maximum absolute atomic E-state index is 13.0. The summed E-state index contributed by atoms with van der Waals surface area (Å²) in [7, 11) is 0. The van der Waals surface area contributed by atoms with Crippen molar-refractivity contribution in [2.24, 2.45) is 17.8 Å². The van der Waals surface area contributed by atoms with Gasteiger partial charge in [0.2, 0.25) is 0 Å². The standard InChI is InChI=1S/C24H23N5OS2/c30-22(17-9-21-25-4-3-18(29(21)28-17)19-2-1-5-31-19)27-23-26-20(13-32-23)24-10-14-6-15(11-24)8-16(7-14)12-24/h1-5,9,13-16H,6-8,10-12H2,(H,26,27,30). The van der Waals surface area contributed by atoms with Crippen molar-refractivity contribution in [2.45, 2.75) is 43.9 Å². The molecule has 0 aromatic carbocycles. The van der Waals surface area contributed by atoms with E-state index < -0.39 is 0 Å². The number of carbonyl (C=O) groups is 1. The van der Waals surface area contributed by atoms with Crippen LogP contribution in [0.1, 0.15) is 54.7 Å². The molecular weight excluding hydrogens is 438 g/mol. The fourth-order valence-electron chi connectivity index (χ4n) is 6.78. The van der Waals surface area contributed by atoms with E-state index in [1.165, 1.54) is 55.6 Å². The molecule has 4 saturated carbocycles. The van der Waals surface area contributed by atoms with Crippen LogP contribution >= 0.6 is 22.7 Å².